The van der Waals surface area contributed by atoms with E-state index in [0.29, 0.717) is 23.8 Å². The van der Waals surface area contributed by atoms with Crippen molar-refractivity contribution in [3.8, 4) is 0 Å². The second-order valence-corrected chi connectivity index (χ2v) is 4.90. The van der Waals surface area contributed by atoms with Crippen LogP contribution in [0, 0.1) is 0 Å². The van der Waals surface area contributed by atoms with Gasteiger partial charge in [0.05, 0.1) is 18.7 Å². The van der Waals surface area contributed by atoms with Crippen LogP contribution in [0.15, 0.2) is 42.5 Å². The molecule has 1 aromatic heterocycles. The molecule has 0 radical (unpaired) electrons. The molecule has 0 spiro atoms. The number of benzene rings is 1. The summed E-state index contributed by atoms with van der Waals surface area (Å²) >= 11 is 5.68. The monoisotopic (exact) mass is 289 g/mol. The average molecular weight is 290 g/mol. The van der Waals surface area contributed by atoms with Crippen molar-refractivity contribution >= 4 is 23.4 Å². The summed E-state index contributed by atoms with van der Waals surface area (Å²) in [6.07, 6.45) is -0.111. The maximum absolute atomic E-state index is 11.8. The third-order valence-corrected chi connectivity index (χ3v) is 3.27. The van der Waals surface area contributed by atoms with Gasteiger partial charge in [-0.1, -0.05) is 29.8 Å². The van der Waals surface area contributed by atoms with Crippen LogP contribution < -0.4 is 4.90 Å². The SMILES string of the molecule is O=C(OC1CN(c2ccc(Cl)nn2)C1)c1ccccc1. The first kappa shape index (κ1) is 12.9. The molecule has 5 nitrogen and oxygen atoms in total. The summed E-state index contributed by atoms with van der Waals surface area (Å²) in [5.41, 5.74) is 0.567. The van der Waals surface area contributed by atoms with Gasteiger partial charge < -0.3 is 9.64 Å². The third-order valence-electron chi connectivity index (χ3n) is 3.07. The Bertz CT molecular complexity index is 598. The van der Waals surface area contributed by atoms with Gasteiger partial charge in [0.25, 0.3) is 0 Å². The number of nitrogens with zero attached hydrogens (tertiary/aromatic N) is 3. The highest BCUT2D eigenvalue weighted by molar-refractivity contribution is 6.29. The van der Waals surface area contributed by atoms with E-state index in [9.17, 15) is 4.79 Å². The van der Waals surface area contributed by atoms with Gasteiger partial charge in [-0.3, -0.25) is 0 Å². The number of halogens is 1. The lowest BCUT2D eigenvalue weighted by molar-refractivity contribution is 0.0233. The average Bonchev–Trinajstić information content (AvgIpc) is 2.44. The fourth-order valence-electron chi connectivity index (χ4n) is 1.97. The Kier molecular flexibility index (Phi) is 3.52. The van der Waals surface area contributed by atoms with Crippen molar-refractivity contribution in [2.45, 2.75) is 6.10 Å². The first-order valence-corrected chi connectivity index (χ1v) is 6.60. The first-order chi connectivity index (χ1) is 9.72. The lowest BCUT2D eigenvalue weighted by atomic mass is 10.1. The quantitative estimate of drug-likeness (QED) is 0.811. The van der Waals surface area contributed by atoms with Crippen molar-refractivity contribution in [1.29, 1.82) is 0 Å². The second-order valence-electron chi connectivity index (χ2n) is 4.51. The lowest BCUT2D eigenvalue weighted by Crippen LogP contribution is -2.53. The predicted octanol–water partition coefficient (Wildman–Crippen LogP) is 2.18. The number of hydrogen-bond acceptors (Lipinski definition) is 5. The van der Waals surface area contributed by atoms with Crippen LogP contribution in [0.2, 0.25) is 5.15 Å². The molecule has 20 heavy (non-hydrogen) atoms. The fourth-order valence-corrected chi connectivity index (χ4v) is 2.07. The molecule has 102 valence electrons. The van der Waals surface area contributed by atoms with Gasteiger partial charge in [0.15, 0.2) is 11.0 Å². The molecular weight excluding hydrogens is 278 g/mol. The van der Waals surface area contributed by atoms with Gasteiger partial charge in [0, 0.05) is 0 Å². The molecule has 1 aromatic carbocycles. The van der Waals surface area contributed by atoms with E-state index < -0.39 is 0 Å². The summed E-state index contributed by atoms with van der Waals surface area (Å²) in [4.78, 5) is 13.8. The van der Waals surface area contributed by atoms with Gasteiger partial charge in [-0.2, -0.15) is 0 Å². The fraction of sp³-hybridized carbons (Fsp3) is 0.214. The third kappa shape index (κ3) is 2.72. The van der Waals surface area contributed by atoms with E-state index in [-0.39, 0.29) is 12.1 Å². The minimum absolute atomic E-state index is 0.111. The number of carbonyl (C=O) groups excluding carboxylic acids is 1. The van der Waals surface area contributed by atoms with Crippen LogP contribution in [0.5, 0.6) is 0 Å². The summed E-state index contributed by atoms with van der Waals surface area (Å²) in [6, 6.07) is 12.5. The topological polar surface area (TPSA) is 55.3 Å². The zero-order valence-corrected chi connectivity index (χ0v) is 11.3. The molecule has 0 bridgehead atoms. The molecule has 2 aromatic rings. The molecule has 3 rings (SSSR count). The van der Waals surface area contributed by atoms with Gasteiger partial charge in [-0.25, -0.2) is 4.79 Å². The Hall–Kier alpha value is -2.14. The summed E-state index contributed by atoms with van der Waals surface area (Å²) in [5, 5.41) is 8.12. The van der Waals surface area contributed by atoms with Gasteiger partial charge in [0.1, 0.15) is 6.10 Å². The van der Waals surface area contributed by atoms with Crippen LogP contribution in [0.1, 0.15) is 10.4 Å². The largest absolute Gasteiger partial charge is 0.455 e. The number of carbonyl (C=O) groups is 1. The lowest BCUT2D eigenvalue weighted by Gasteiger charge is -2.38. The van der Waals surface area contributed by atoms with Crippen LogP contribution in [-0.2, 0) is 4.74 Å². The first-order valence-electron chi connectivity index (χ1n) is 6.22. The van der Waals surface area contributed by atoms with Crippen molar-refractivity contribution in [2.24, 2.45) is 0 Å². The standard InChI is InChI=1S/C14H12ClN3O2/c15-12-6-7-13(17-16-12)18-8-11(9-18)20-14(19)10-4-2-1-3-5-10/h1-7,11H,8-9H2. The zero-order valence-electron chi connectivity index (χ0n) is 10.6. The van der Waals surface area contributed by atoms with E-state index in [1.807, 2.05) is 23.1 Å². The number of aromatic nitrogens is 2. The molecule has 0 saturated carbocycles. The van der Waals surface area contributed by atoms with Gasteiger partial charge in [-0.05, 0) is 24.3 Å². The second kappa shape index (κ2) is 5.46. The molecule has 0 unspecified atom stereocenters. The van der Waals surface area contributed by atoms with Crippen molar-refractivity contribution in [3.05, 3.63) is 53.2 Å². The minimum Gasteiger partial charge on any atom is -0.455 e. The van der Waals surface area contributed by atoms with E-state index in [0.717, 1.165) is 5.82 Å². The molecule has 1 saturated heterocycles. The molecule has 6 heteroatoms. The Balaban J connectivity index is 1.53. The van der Waals surface area contributed by atoms with Crippen molar-refractivity contribution in [3.63, 3.8) is 0 Å². The normalized spacial score (nSPS) is 14.8. The number of anilines is 1. The summed E-state index contributed by atoms with van der Waals surface area (Å²) in [6.45, 7) is 1.24. The summed E-state index contributed by atoms with van der Waals surface area (Å²) < 4.78 is 5.39. The Labute approximate surface area is 121 Å². The van der Waals surface area contributed by atoms with Gasteiger partial charge in [0.2, 0.25) is 0 Å². The molecule has 2 heterocycles. The highest BCUT2D eigenvalue weighted by atomic mass is 35.5. The van der Waals surface area contributed by atoms with E-state index in [1.54, 1.807) is 24.3 Å². The van der Waals surface area contributed by atoms with Crippen molar-refractivity contribution < 1.29 is 9.53 Å². The molecule has 0 atom stereocenters. The van der Waals surface area contributed by atoms with Crippen LogP contribution in [0.4, 0.5) is 5.82 Å². The van der Waals surface area contributed by atoms with Gasteiger partial charge >= 0.3 is 5.97 Å². The highest BCUT2D eigenvalue weighted by Gasteiger charge is 2.31. The van der Waals surface area contributed by atoms with Crippen molar-refractivity contribution in [1.82, 2.24) is 10.2 Å². The molecule has 1 fully saturated rings. The zero-order chi connectivity index (χ0) is 13.9. The number of hydrogen-bond donors (Lipinski definition) is 0. The van der Waals surface area contributed by atoms with Crippen molar-refractivity contribution in [2.75, 3.05) is 18.0 Å². The maximum Gasteiger partial charge on any atom is 0.338 e. The predicted molar refractivity (Wildman–Crippen MR) is 74.9 cm³/mol. The molecule has 1 aliphatic heterocycles. The maximum atomic E-state index is 11.8. The number of rotatable bonds is 3. The van der Waals surface area contributed by atoms with E-state index >= 15 is 0 Å². The number of ether oxygens (including phenoxy) is 1. The van der Waals surface area contributed by atoms with E-state index in [2.05, 4.69) is 10.2 Å². The van der Waals surface area contributed by atoms with Crippen LogP contribution >= 0.6 is 11.6 Å². The van der Waals surface area contributed by atoms with Crippen LogP contribution in [-0.4, -0.2) is 35.4 Å². The summed E-state index contributed by atoms with van der Waals surface area (Å²) in [5.74, 6) is 0.443. The number of esters is 1. The Morgan fingerprint density at radius 1 is 1.15 bits per heavy atom. The smallest absolute Gasteiger partial charge is 0.338 e. The molecular formula is C14H12ClN3O2. The Morgan fingerprint density at radius 2 is 1.90 bits per heavy atom. The molecule has 0 aliphatic carbocycles. The highest BCUT2D eigenvalue weighted by Crippen LogP contribution is 2.21. The molecule has 1 aliphatic rings. The van der Waals surface area contributed by atoms with Gasteiger partial charge in [-0.15, -0.1) is 10.2 Å². The molecule has 0 N–H and O–H groups in total. The minimum atomic E-state index is -0.294. The van der Waals surface area contributed by atoms with E-state index in [1.165, 1.54) is 0 Å². The van der Waals surface area contributed by atoms with E-state index in [4.69, 9.17) is 16.3 Å². The summed E-state index contributed by atoms with van der Waals surface area (Å²) in [7, 11) is 0. The Morgan fingerprint density at radius 3 is 2.55 bits per heavy atom. The van der Waals surface area contributed by atoms with Crippen LogP contribution in [0.25, 0.3) is 0 Å². The van der Waals surface area contributed by atoms with Crippen LogP contribution in [0.3, 0.4) is 0 Å². The molecule has 0 amide bonds.